The molecule has 0 aliphatic heterocycles. The number of benzene rings is 1. The largest absolute Gasteiger partial charge is 0.423 e. The van der Waals surface area contributed by atoms with Crippen LogP contribution in [0.3, 0.4) is 0 Å². The van der Waals surface area contributed by atoms with Crippen LogP contribution in [0.5, 0.6) is 0 Å². The highest BCUT2D eigenvalue weighted by Crippen LogP contribution is 2.31. The number of non-ortho nitro benzene ring substituents is 1. The molecule has 108 valence electrons. The van der Waals surface area contributed by atoms with Crippen molar-refractivity contribution in [1.82, 2.24) is 4.98 Å². The van der Waals surface area contributed by atoms with Gasteiger partial charge in [-0.15, -0.1) is 11.3 Å². The molecule has 8 heteroatoms. The summed E-state index contributed by atoms with van der Waals surface area (Å²) >= 11 is 7.36. The molecule has 1 atom stereocenters. The molecule has 0 aliphatic carbocycles. The number of nitro groups is 1. The Bertz CT molecular complexity index is 814. The number of hydrogen-bond acceptors (Lipinski definition) is 6. The number of nitrogens with zero attached hydrogens (tertiary/aromatic N) is 2. The van der Waals surface area contributed by atoms with Crippen LogP contribution in [-0.2, 0) is 0 Å². The SMILES string of the molecule is CC(Nc1nc2c([N+](=O)[O-])cccc2o1)c1ccc(Cl)s1. The Morgan fingerprint density at radius 2 is 2.24 bits per heavy atom. The molecular formula is C13H10ClN3O3S. The fourth-order valence-corrected chi connectivity index (χ4v) is 3.02. The minimum atomic E-state index is -0.475. The molecular weight excluding hydrogens is 314 g/mol. The Morgan fingerprint density at radius 3 is 2.90 bits per heavy atom. The number of halogens is 1. The van der Waals surface area contributed by atoms with E-state index in [4.69, 9.17) is 16.0 Å². The van der Waals surface area contributed by atoms with Crippen molar-refractivity contribution >= 4 is 45.7 Å². The van der Waals surface area contributed by atoms with E-state index >= 15 is 0 Å². The molecule has 0 aliphatic rings. The van der Waals surface area contributed by atoms with Gasteiger partial charge in [-0.1, -0.05) is 17.7 Å². The fraction of sp³-hybridized carbons (Fsp3) is 0.154. The second-order valence-corrected chi connectivity index (χ2v) is 6.15. The van der Waals surface area contributed by atoms with Crippen LogP contribution in [0.1, 0.15) is 17.8 Å². The number of rotatable bonds is 4. The molecule has 0 amide bonds. The highest BCUT2D eigenvalue weighted by atomic mass is 35.5. The summed E-state index contributed by atoms with van der Waals surface area (Å²) in [6.07, 6.45) is 0. The third-order valence-electron chi connectivity index (χ3n) is 2.96. The monoisotopic (exact) mass is 323 g/mol. The van der Waals surface area contributed by atoms with E-state index in [9.17, 15) is 10.1 Å². The molecule has 21 heavy (non-hydrogen) atoms. The lowest BCUT2D eigenvalue weighted by Crippen LogP contribution is -2.04. The Kier molecular flexibility index (Phi) is 3.52. The summed E-state index contributed by atoms with van der Waals surface area (Å²) in [4.78, 5) is 15.7. The molecule has 3 rings (SSSR count). The lowest BCUT2D eigenvalue weighted by molar-refractivity contribution is -0.383. The molecule has 0 fully saturated rings. The van der Waals surface area contributed by atoms with E-state index in [1.165, 1.54) is 17.4 Å². The number of anilines is 1. The average molecular weight is 324 g/mol. The van der Waals surface area contributed by atoms with Crippen LogP contribution in [-0.4, -0.2) is 9.91 Å². The molecule has 2 heterocycles. The van der Waals surface area contributed by atoms with Crippen LogP contribution in [0.25, 0.3) is 11.1 Å². The Labute approximate surface area is 128 Å². The zero-order valence-electron chi connectivity index (χ0n) is 10.9. The van der Waals surface area contributed by atoms with E-state index in [1.54, 1.807) is 12.1 Å². The van der Waals surface area contributed by atoms with Gasteiger partial charge in [-0.05, 0) is 25.1 Å². The van der Waals surface area contributed by atoms with E-state index in [2.05, 4.69) is 10.3 Å². The second-order valence-electron chi connectivity index (χ2n) is 4.41. The number of nitrogens with one attached hydrogen (secondary N) is 1. The van der Waals surface area contributed by atoms with Gasteiger partial charge in [0.15, 0.2) is 11.1 Å². The van der Waals surface area contributed by atoms with E-state index in [-0.39, 0.29) is 23.3 Å². The first kappa shape index (κ1) is 13.8. The molecule has 3 aromatic rings. The van der Waals surface area contributed by atoms with Gasteiger partial charge in [0.2, 0.25) is 0 Å². The van der Waals surface area contributed by atoms with Crippen LogP contribution >= 0.6 is 22.9 Å². The van der Waals surface area contributed by atoms with Gasteiger partial charge in [0.25, 0.3) is 11.7 Å². The van der Waals surface area contributed by atoms with E-state index in [0.717, 1.165) is 4.88 Å². The summed E-state index contributed by atoms with van der Waals surface area (Å²) in [6, 6.07) is 8.53. The van der Waals surface area contributed by atoms with Crippen molar-refractivity contribution < 1.29 is 9.34 Å². The van der Waals surface area contributed by atoms with Gasteiger partial charge in [-0.2, -0.15) is 4.98 Å². The fourth-order valence-electron chi connectivity index (χ4n) is 1.96. The van der Waals surface area contributed by atoms with Gasteiger partial charge in [-0.3, -0.25) is 10.1 Å². The summed E-state index contributed by atoms with van der Waals surface area (Å²) in [7, 11) is 0. The van der Waals surface area contributed by atoms with Crippen molar-refractivity contribution in [3.8, 4) is 0 Å². The van der Waals surface area contributed by atoms with Gasteiger partial charge in [-0.25, -0.2) is 0 Å². The lowest BCUT2D eigenvalue weighted by atomic mass is 10.3. The van der Waals surface area contributed by atoms with Crippen LogP contribution < -0.4 is 5.32 Å². The van der Waals surface area contributed by atoms with Gasteiger partial charge < -0.3 is 9.73 Å². The smallest absolute Gasteiger partial charge is 0.298 e. The molecule has 2 aromatic heterocycles. The number of thiophene rings is 1. The van der Waals surface area contributed by atoms with Gasteiger partial charge in [0.1, 0.15) is 0 Å². The maximum Gasteiger partial charge on any atom is 0.298 e. The van der Waals surface area contributed by atoms with Gasteiger partial charge >= 0.3 is 0 Å². The highest BCUT2D eigenvalue weighted by Gasteiger charge is 2.18. The minimum Gasteiger partial charge on any atom is -0.423 e. The van der Waals surface area contributed by atoms with Crippen molar-refractivity contribution in [1.29, 1.82) is 0 Å². The van der Waals surface area contributed by atoms with Crippen molar-refractivity contribution in [2.24, 2.45) is 0 Å². The predicted molar refractivity (Wildman–Crippen MR) is 82.0 cm³/mol. The average Bonchev–Trinajstić information content (AvgIpc) is 3.03. The lowest BCUT2D eigenvalue weighted by Gasteiger charge is -2.08. The van der Waals surface area contributed by atoms with Crippen molar-refractivity contribution in [2.45, 2.75) is 13.0 Å². The molecule has 0 saturated carbocycles. The van der Waals surface area contributed by atoms with Crippen molar-refractivity contribution in [3.05, 3.63) is 49.7 Å². The van der Waals surface area contributed by atoms with Crippen LogP contribution in [0.4, 0.5) is 11.7 Å². The van der Waals surface area contributed by atoms with Crippen LogP contribution in [0.2, 0.25) is 4.34 Å². The van der Waals surface area contributed by atoms with Crippen molar-refractivity contribution in [2.75, 3.05) is 5.32 Å². The topological polar surface area (TPSA) is 81.2 Å². The Balaban J connectivity index is 1.91. The molecule has 0 spiro atoms. The van der Waals surface area contributed by atoms with Crippen molar-refractivity contribution in [3.63, 3.8) is 0 Å². The number of hydrogen-bond donors (Lipinski definition) is 1. The minimum absolute atomic E-state index is 0.0605. The first-order valence-electron chi connectivity index (χ1n) is 6.10. The summed E-state index contributed by atoms with van der Waals surface area (Å²) < 4.78 is 6.20. The van der Waals surface area contributed by atoms with E-state index in [1.807, 2.05) is 19.1 Å². The standard InChI is InChI=1S/C13H10ClN3O3S/c1-7(10-5-6-11(14)21-10)15-13-16-12-8(17(18)19)3-2-4-9(12)20-13/h2-7H,1H3,(H,15,16). The number of nitro benzene ring substituents is 1. The molecule has 0 bridgehead atoms. The molecule has 0 radical (unpaired) electrons. The molecule has 6 nitrogen and oxygen atoms in total. The molecule has 1 unspecified atom stereocenters. The van der Waals surface area contributed by atoms with Crippen LogP contribution in [0, 0.1) is 10.1 Å². The van der Waals surface area contributed by atoms with Gasteiger partial charge in [0.05, 0.1) is 15.3 Å². The number of oxazole rings is 1. The molecule has 1 aromatic carbocycles. The summed E-state index contributed by atoms with van der Waals surface area (Å²) in [5.41, 5.74) is 0.542. The Hall–Kier alpha value is -2.12. The molecule has 0 saturated heterocycles. The summed E-state index contributed by atoms with van der Waals surface area (Å²) in [6.45, 7) is 1.94. The van der Waals surface area contributed by atoms with Crippen LogP contribution in [0.15, 0.2) is 34.7 Å². The van der Waals surface area contributed by atoms with E-state index < -0.39 is 4.92 Å². The van der Waals surface area contributed by atoms with Gasteiger partial charge in [0, 0.05) is 10.9 Å². The predicted octanol–water partition coefficient (Wildman–Crippen LogP) is 4.62. The third-order valence-corrected chi connectivity index (χ3v) is 4.37. The summed E-state index contributed by atoms with van der Waals surface area (Å²) in [5.74, 6) is 0. The molecule has 1 N–H and O–H groups in total. The zero-order valence-corrected chi connectivity index (χ0v) is 12.4. The third kappa shape index (κ3) is 2.70. The highest BCUT2D eigenvalue weighted by molar-refractivity contribution is 7.16. The Morgan fingerprint density at radius 1 is 1.43 bits per heavy atom. The van der Waals surface area contributed by atoms with E-state index in [0.29, 0.717) is 9.92 Å². The number of fused-ring (bicyclic) bond motifs is 1. The summed E-state index contributed by atoms with van der Waals surface area (Å²) in [5, 5.41) is 14.0. The maximum absolute atomic E-state index is 11.0. The zero-order chi connectivity index (χ0) is 15.0. The number of para-hydroxylation sites is 1. The first-order chi connectivity index (χ1) is 10.0. The maximum atomic E-state index is 11.0. The number of aromatic nitrogens is 1. The quantitative estimate of drug-likeness (QED) is 0.559. The second kappa shape index (κ2) is 5.34. The first-order valence-corrected chi connectivity index (χ1v) is 7.30. The normalized spacial score (nSPS) is 12.5.